The van der Waals surface area contributed by atoms with Crippen molar-refractivity contribution in [3.8, 4) is 0 Å². The van der Waals surface area contributed by atoms with Crippen LogP contribution in [-0.4, -0.2) is 74.1 Å². The van der Waals surface area contributed by atoms with Crippen molar-refractivity contribution in [3.05, 3.63) is 47.4 Å². The molecule has 1 saturated heterocycles. The number of anilines is 2. The minimum absolute atomic E-state index is 0.180. The molecule has 0 aliphatic carbocycles. The summed E-state index contributed by atoms with van der Waals surface area (Å²) in [6.45, 7) is 9.38. The highest BCUT2D eigenvalue weighted by Gasteiger charge is 2.20. The topological polar surface area (TPSA) is 64.6 Å². The molecule has 0 radical (unpaired) electrons. The molecular weight excluding hydrogens is 352 g/mol. The maximum atomic E-state index is 12.1. The number of likely N-dealkylation sites (N-methyl/N-ethyl adjacent to an activating group) is 1. The van der Waals surface area contributed by atoms with E-state index in [-0.39, 0.29) is 5.91 Å². The average molecular weight is 383 g/mol. The molecule has 1 amide bonds. The molecule has 0 bridgehead atoms. The lowest BCUT2D eigenvalue weighted by Crippen LogP contribution is -2.47. The molecule has 1 fully saturated rings. The number of nitrogens with zero attached hydrogens (tertiary/aromatic N) is 5. The predicted octanol–water partition coefficient (Wildman–Crippen LogP) is 1.71. The second kappa shape index (κ2) is 9.01. The number of rotatable bonds is 6. The van der Waals surface area contributed by atoms with Gasteiger partial charge in [0.1, 0.15) is 11.5 Å². The van der Waals surface area contributed by atoms with Gasteiger partial charge in [-0.1, -0.05) is 12.1 Å². The Kier molecular flexibility index (Phi) is 6.46. The quantitative estimate of drug-likeness (QED) is 0.821. The number of piperazine rings is 1. The van der Waals surface area contributed by atoms with Gasteiger partial charge in [-0.2, -0.15) is 0 Å². The molecule has 0 unspecified atom stereocenters. The van der Waals surface area contributed by atoms with Crippen LogP contribution in [0.3, 0.4) is 0 Å². The number of nitrogens with one attached hydrogen (secondary N) is 1. The highest BCUT2D eigenvalue weighted by molar-refractivity contribution is 5.92. The van der Waals surface area contributed by atoms with Crippen LogP contribution < -0.4 is 15.1 Å². The van der Waals surface area contributed by atoms with Crippen molar-refractivity contribution in [3.63, 3.8) is 0 Å². The van der Waals surface area contributed by atoms with Crippen LogP contribution in [0.15, 0.2) is 30.6 Å². The molecule has 1 aromatic heterocycles. The number of carbonyl (C=O) groups excluding carboxylic acids is 1. The molecule has 28 heavy (non-hydrogen) atoms. The lowest BCUT2D eigenvalue weighted by atomic mass is 10.1. The maximum absolute atomic E-state index is 12.1. The molecule has 0 spiro atoms. The fourth-order valence-corrected chi connectivity index (χ4v) is 3.34. The first-order valence-electron chi connectivity index (χ1n) is 9.77. The lowest BCUT2D eigenvalue weighted by Gasteiger charge is -2.37. The van der Waals surface area contributed by atoms with E-state index >= 15 is 0 Å². The van der Waals surface area contributed by atoms with Crippen LogP contribution in [0.4, 0.5) is 11.5 Å². The zero-order valence-corrected chi connectivity index (χ0v) is 17.3. The molecule has 150 valence electrons. The van der Waals surface area contributed by atoms with E-state index in [1.165, 1.54) is 16.8 Å². The summed E-state index contributed by atoms with van der Waals surface area (Å²) in [6, 6.07) is 6.47. The predicted molar refractivity (Wildman–Crippen MR) is 113 cm³/mol. The van der Waals surface area contributed by atoms with E-state index in [2.05, 4.69) is 57.1 Å². The van der Waals surface area contributed by atoms with Crippen molar-refractivity contribution < 1.29 is 4.79 Å². The van der Waals surface area contributed by atoms with Crippen molar-refractivity contribution in [1.82, 2.24) is 20.2 Å². The Morgan fingerprint density at radius 1 is 1.07 bits per heavy atom. The van der Waals surface area contributed by atoms with Gasteiger partial charge in [0.05, 0.1) is 12.4 Å². The number of aromatic nitrogens is 2. The molecule has 7 nitrogen and oxygen atoms in total. The molecule has 1 N–H and O–H groups in total. The van der Waals surface area contributed by atoms with Gasteiger partial charge in [0.25, 0.3) is 5.91 Å². The van der Waals surface area contributed by atoms with Gasteiger partial charge in [0.2, 0.25) is 0 Å². The summed E-state index contributed by atoms with van der Waals surface area (Å²) >= 11 is 0. The van der Waals surface area contributed by atoms with Crippen LogP contribution in [-0.2, 0) is 0 Å². The highest BCUT2D eigenvalue weighted by atomic mass is 16.1. The van der Waals surface area contributed by atoms with Gasteiger partial charge < -0.3 is 20.0 Å². The summed E-state index contributed by atoms with van der Waals surface area (Å²) in [6.07, 6.45) is 3.27. The number of hydrogen-bond donors (Lipinski definition) is 1. The highest BCUT2D eigenvalue weighted by Crippen LogP contribution is 2.24. The molecule has 1 aromatic carbocycles. The van der Waals surface area contributed by atoms with Gasteiger partial charge in [0.15, 0.2) is 0 Å². The number of carbonyl (C=O) groups is 1. The van der Waals surface area contributed by atoms with Crippen LogP contribution in [0, 0.1) is 13.8 Å². The Hall–Kier alpha value is -2.67. The Morgan fingerprint density at radius 2 is 1.79 bits per heavy atom. The first-order chi connectivity index (χ1) is 13.5. The molecule has 2 aromatic rings. The molecule has 0 atom stereocenters. The second-order valence-electron chi connectivity index (χ2n) is 7.51. The van der Waals surface area contributed by atoms with E-state index < -0.39 is 0 Å². The maximum Gasteiger partial charge on any atom is 0.271 e. The summed E-state index contributed by atoms with van der Waals surface area (Å²) in [4.78, 5) is 27.6. The number of hydrogen-bond acceptors (Lipinski definition) is 6. The van der Waals surface area contributed by atoms with Gasteiger partial charge in [0, 0.05) is 45.0 Å². The van der Waals surface area contributed by atoms with Gasteiger partial charge in [-0.25, -0.2) is 9.97 Å². The smallest absolute Gasteiger partial charge is 0.271 e. The van der Waals surface area contributed by atoms with Crippen molar-refractivity contribution >= 4 is 17.4 Å². The molecule has 7 heteroatoms. The van der Waals surface area contributed by atoms with E-state index in [4.69, 9.17) is 0 Å². The van der Waals surface area contributed by atoms with E-state index in [1.807, 2.05) is 19.0 Å². The Morgan fingerprint density at radius 3 is 2.43 bits per heavy atom. The van der Waals surface area contributed by atoms with Gasteiger partial charge >= 0.3 is 0 Å². The van der Waals surface area contributed by atoms with E-state index in [9.17, 15) is 4.79 Å². The van der Waals surface area contributed by atoms with Crippen LogP contribution in [0.25, 0.3) is 0 Å². The van der Waals surface area contributed by atoms with Gasteiger partial charge in [-0.15, -0.1) is 0 Å². The van der Waals surface area contributed by atoms with Crippen LogP contribution in [0.1, 0.15) is 21.6 Å². The zero-order chi connectivity index (χ0) is 20.1. The van der Waals surface area contributed by atoms with Crippen molar-refractivity contribution in [1.29, 1.82) is 0 Å². The largest absolute Gasteiger partial charge is 0.368 e. The normalized spacial score (nSPS) is 14.5. The average Bonchev–Trinajstić information content (AvgIpc) is 2.70. The Balaban J connectivity index is 1.56. The van der Waals surface area contributed by atoms with E-state index in [0.29, 0.717) is 12.2 Å². The summed E-state index contributed by atoms with van der Waals surface area (Å²) in [5.41, 5.74) is 4.35. The first kappa shape index (κ1) is 20.1. The second-order valence-corrected chi connectivity index (χ2v) is 7.51. The van der Waals surface area contributed by atoms with Crippen molar-refractivity contribution in [2.24, 2.45) is 0 Å². The van der Waals surface area contributed by atoms with E-state index in [1.54, 1.807) is 12.4 Å². The molecular formula is C21H30N6O. The molecule has 2 heterocycles. The Bertz CT molecular complexity index is 797. The number of benzene rings is 1. The number of amides is 1. The third-order valence-electron chi connectivity index (χ3n) is 5.24. The molecule has 1 aliphatic heterocycles. The summed E-state index contributed by atoms with van der Waals surface area (Å²) in [5.74, 6) is 0.645. The Labute approximate surface area is 167 Å². The SMILES string of the molecule is Cc1cccc(N2CCN(c3cnc(C(=O)NCCN(C)C)cn3)CC2)c1C. The van der Waals surface area contributed by atoms with E-state index in [0.717, 1.165) is 38.5 Å². The standard InChI is InChI=1S/C21H30N6O/c1-16-6-5-7-19(17(16)2)26-10-12-27(13-11-26)20-15-23-18(14-24-20)21(28)22-8-9-25(3)4/h5-7,14-15H,8-13H2,1-4H3,(H,22,28). The third kappa shape index (κ3) is 4.78. The van der Waals surface area contributed by atoms with Crippen molar-refractivity contribution in [2.75, 3.05) is 63.2 Å². The zero-order valence-electron chi connectivity index (χ0n) is 17.3. The van der Waals surface area contributed by atoms with Crippen LogP contribution in [0.2, 0.25) is 0 Å². The third-order valence-corrected chi connectivity index (χ3v) is 5.24. The monoisotopic (exact) mass is 382 g/mol. The fraction of sp³-hybridized carbons (Fsp3) is 0.476. The lowest BCUT2D eigenvalue weighted by molar-refractivity contribution is 0.0945. The van der Waals surface area contributed by atoms with Gasteiger partial charge in [-0.05, 0) is 45.1 Å². The fourth-order valence-electron chi connectivity index (χ4n) is 3.34. The minimum atomic E-state index is -0.180. The summed E-state index contributed by atoms with van der Waals surface area (Å²) in [5, 5.41) is 2.86. The summed E-state index contributed by atoms with van der Waals surface area (Å²) < 4.78 is 0. The summed E-state index contributed by atoms with van der Waals surface area (Å²) in [7, 11) is 3.95. The van der Waals surface area contributed by atoms with Crippen LogP contribution in [0.5, 0.6) is 0 Å². The van der Waals surface area contributed by atoms with Crippen molar-refractivity contribution in [2.45, 2.75) is 13.8 Å². The van der Waals surface area contributed by atoms with Crippen LogP contribution >= 0.6 is 0 Å². The minimum Gasteiger partial charge on any atom is -0.368 e. The molecule has 1 aliphatic rings. The number of aryl methyl sites for hydroxylation is 1. The first-order valence-corrected chi connectivity index (χ1v) is 9.77. The van der Waals surface area contributed by atoms with Gasteiger partial charge in [-0.3, -0.25) is 4.79 Å². The molecule has 0 saturated carbocycles. The molecule has 3 rings (SSSR count).